The fourth-order valence-corrected chi connectivity index (χ4v) is 3.31. The van der Waals surface area contributed by atoms with Gasteiger partial charge in [0.2, 0.25) is 5.91 Å². The topological polar surface area (TPSA) is 55.4 Å². The SMILES string of the molecule is COC(=O)[C@@H](NC(=O)Cc1ccccc1)C(c1ccccc1)c1ccccc1. The highest BCUT2D eigenvalue weighted by molar-refractivity contribution is 5.87. The van der Waals surface area contributed by atoms with Crippen LogP contribution in [0.1, 0.15) is 22.6 Å². The molecule has 0 saturated heterocycles. The highest BCUT2D eigenvalue weighted by Gasteiger charge is 2.33. The molecule has 0 aliphatic rings. The van der Waals surface area contributed by atoms with Crippen LogP contribution in [0.4, 0.5) is 0 Å². The normalized spacial score (nSPS) is 11.6. The summed E-state index contributed by atoms with van der Waals surface area (Å²) in [7, 11) is 1.34. The lowest BCUT2D eigenvalue weighted by Crippen LogP contribution is -2.46. The van der Waals surface area contributed by atoms with Gasteiger partial charge in [-0.15, -0.1) is 0 Å². The van der Waals surface area contributed by atoms with E-state index in [-0.39, 0.29) is 18.2 Å². The maximum Gasteiger partial charge on any atom is 0.329 e. The van der Waals surface area contributed by atoms with E-state index in [9.17, 15) is 9.59 Å². The summed E-state index contributed by atoms with van der Waals surface area (Å²) in [6, 6.07) is 28.0. The van der Waals surface area contributed by atoms with Crippen molar-refractivity contribution in [3.63, 3.8) is 0 Å². The van der Waals surface area contributed by atoms with Crippen molar-refractivity contribution in [2.24, 2.45) is 0 Å². The number of esters is 1. The van der Waals surface area contributed by atoms with Crippen molar-refractivity contribution >= 4 is 11.9 Å². The largest absolute Gasteiger partial charge is 0.467 e. The maximum absolute atomic E-state index is 12.7. The second-order valence-electron chi connectivity index (χ2n) is 6.53. The first-order chi connectivity index (χ1) is 13.7. The molecule has 0 spiro atoms. The number of rotatable bonds is 7. The molecule has 1 atom stereocenters. The molecule has 0 saturated carbocycles. The van der Waals surface area contributed by atoms with E-state index in [1.54, 1.807) is 0 Å². The van der Waals surface area contributed by atoms with Gasteiger partial charge >= 0.3 is 5.97 Å². The van der Waals surface area contributed by atoms with Crippen LogP contribution in [0, 0.1) is 0 Å². The number of benzene rings is 3. The van der Waals surface area contributed by atoms with Crippen LogP contribution < -0.4 is 5.32 Å². The van der Waals surface area contributed by atoms with Crippen LogP contribution in [0.15, 0.2) is 91.0 Å². The molecular weight excluding hydrogens is 350 g/mol. The molecular formula is C24H23NO3. The lowest BCUT2D eigenvalue weighted by atomic mass is 9.85. The first-order valence-electron chi connectivity index (χ1n) is 9.20. The van der Waals surface area contributed by atoms with Crippen molar-refractivity contribution in [1.29, 1.82) is 0 Å². The third kappa shape index (κ3) is 4.86. The van der Waals surface area contributed by atoms with E-state index in [0.717, 1.165) is 16.7 Å². The van der Waals surface area contributed by atoms with Crippen molar-refractivity contribution in [1.82, 2.24) is 5.32 Å². The van der Waals surface area contributed by atoms with E-state index in [0.29, 0.717) is 0 Å². The molecule has 1 amide bonds. The van der Waals surface area contributed by atoms with Gasteiger partial charge in [0.25, 0.3) is 0 Å². The summed E-state index contributed by atoms with van der Waals surface area (Å²) in [5, 5.41) is 2.90. The summed E-state index contributed by atoms with van der Waals surface area (Å²) in [6.07, 6.45) is 0.199. The van der Waals surface area contributed by atoms with E-state index in [1.165, 1.54) is 7.11 Å². The third-order valence-electron chi connectivity index (χ3n) is 4.63. The molecule has 1 N–H and O–H groups in total. The number of amides is 1. The Morgan fingerprint density at radius 3 is 1.71 bits per heavy atom. The highest BCUT2D eigenvalue weighted by Crippen LogP contribution is 2.29. The Kier molecular flexibility index (Phi) is 6.58. The zero-order valence-electron chi connectivity index (χ0n) is 15.7. The molecule has 4 heteroatoms. The molecule has 3 aromatic carbocycles. The van der Waals surface area contributed by atoms with Gasteiger partial charge in [-0.1, -0.05) is 91.0 Å². The van der Waals surface area contributed by atoms with Gasteiger partial charge in [-0.25, -0.2) is 4.79 Å². The van der Waals surface area contributed by atoms with Gasteiger partial charge in [-0.2, -0.15) is 0 Å². The standard InChI is InChI=1S/C24H23NO3/c1-28-24(27)23(25-21(26)17-18-11-5-2-6-12-18)22(19-13-7-3-8-14-19)20-15-9-4-10-16-20/h2-16,22-23H,17H2,1H3,(H,25,26)/t23-/m0/s1. The molecule has 3 rings (SSSR count). The van der Waals surface area contributed by atoms with E-state index < -0.39 is 12.0 Å². The lowest BCUT2D eigenvalue weighted by molar-refractivity contribution is -0.145. The molecule has 0 aliphatic heterocycles. The van der Waals surface area contributed by atoms with Crippen LogP contribution >= 0.6 is 0 Å². The van der Waals surface area contributed by atoms with Gasteiger partial charge in [-0.3, -0.25) is 4.79 Å². The lowest BCUT2D eigenvalue weighted by Gasteiger charge is -2.27. The number of hydrogen-bond donors (Lipinski definition) is 1. The number of carbonyl (C=O) groups is 2. The predicted octanol–water partition coefficient (Wildman–Crippen LogP) is 3.72. The Morgan fingerprint density at radius 1 is 0.786 bits per heavy atom. The van der Waals surface area contributed by atoms with Crippen molar-refractivity contribution < 1.29 is 14.3 Å². The minimum absolute atomic E-state index is 0.199. The highest BCUT2D eigenvalue weighted by atomic mass is 16.5. The van der Waals surface area contributed by atoms with Gasteiger partial charge in [-0.05, 0) is 16.7 Å². The molecule has 0 radical (unpaired) electrons. The number of ether oxygens (including phenoxy) is 1. The summed E-state index contributed by atoms with van der Waals surface area (Å²) < 4.78 is 5.03. The quantitative estimate of drug-likeness (QED) is 0.642. The summed E-state index contributed by atoms with van der Waals surface area (Å²) in [5.74, 6) is -1.05. The van der Waals surface area contributed by atoms with Crippen LogP contribution in [-0.4, -0.2) is 25.0 Å². The molecule has 142 valence electrons. The third-order valence-corrected chi connectivity index (χ3v) is 4.63. The number of carbonyl (C=O) groups excluding carboxylic acids is 2. The number of hydrogen-bond acceptors (Lipinski definition) is 3. The van der Waals surface area contributed by atoms with Gasteiger partial charge in [0, 0.05) is 5.92 Å². The average Bonchev–Trinajstić information content (AvgIpc) is 2.75. The van der Waals surface area contributed by atoms with Crippen molar-refractivity contribution in [2.75, 3.05) is 7.11 Å². The summed E-state index contributed by atoms with van der Waals surface area (Å²) >= 11 is 0. The molecule has 0 heterocycles. The van der Waals surface area contributed by atoms with Crippen LogP contribution in [0.5, 0.6) is 0 Å². The minimum atomic E-state index is -0.828. The van der Waals surface area contributed by atoms with Crippen LogP contribution in [-0.2, 0) is 20.7 Å². The fraction of sp³-hybridized carbons (Fsp3) is 0.167. The molecule has 0 aromatic heterocycles. The number of methoxy groups -OCH3 is 1. The molecule has 3 aromatic rings. The van der Waals surface area contributed by atoms with Crippen molar-refractivity contribution in [3.05, 3.63) is 108 Å². The summed E-state index contributed by atoms with van der Waals surface area (Å²) in [6.45, 7) is 0. The second-order valence-corrected chi connectivity index (χ2v) is 6.53. The first-order valence-corrected chi connectivity index (χ1v) is 9.20. The number of nitrogens with one attached hydrogen (secondary N) is 1. The Hall–Kier alpha value is -3.40. The molecule has 0 unspecified atom stereocenters. The molecule has 0 bridgehead atoms. The molecule has 0 aliphatic carbocycles. The Labute approximate surface area is 165 Å². The summed E-state index contributed by atoms with van der Waals surface area (Å²) in [5.41, 5.74) is 2.76. The fourth-order valence-electron chi connectivity index (χ4n) is 3.31. The molecule has 4 nitrogen and oxygen atoms in total. The average molecular weight is 373 g/mol. The Bertz CT molecular complexity index is 855. The van der Waals surface area contributed by atoms with E-state index >= 15 is 0 Å². The van der Waals surface area contributed by atoms with Gasteiger partial charge in [0.05, 0.1) is 13.5 Å². The Balaban J connectivity index is 1.92. The first kappa shape index (κ1) is 19.4. The van der Waals surface area contributed by atoms with Crippen LogP contribution in [0.2, 0.25) is 0 Å². The summed E-state index contributed by atoms with van der Waals surface area (Å²) in [4.78, 5) is 25.3. The maximum atomic E-state index is 12.7. The molecule has 0 fully saturated rings. The van der Waals surface area contributed by atoms with E-state index in [2.05, 4.69) is 5.32 Å². The van der Waals surface area contributed by atoms with E-state index in [1.807, 2.05) is 91.0 Å². The van der Waals surface area contributed by atoms with E-state index in [4.69, 9.17) is 4.74 Å². The van der Waals surface area contributed by atoms with Gasteiger partial charge in [0.15, 0.2) is 0 Å². The molecule has 28 heavy (non-hydrogen) atoms. The van der Waals surface area contributed by atoms with Gasteiger partial charge < -0.3 is 10.1 Å². The van der Waals surface area contributed by atoms with Gasteiger partial charge in [0.1, 0.15) is 6.04 Å². The predicted molar refractivity (Wildman–Crippen MR) is 109 cm³/mol. The Morgan fingerprint density at radius 2 is 1.25 bits per heavy atom. The zero-order valence-corrected chi connectivity index (χ0v) is 15.7. The van der Waals surface area contributed by atoms with Crippen LogP contribution in [0.3, 0.4) is 0 Å². The minimum Gasteiger partial charge on any atom is -0.467 e. The monoisotopic (exact) mass is 373 g/mol. The van der Waals surface area contributed by atoms with Crippen LogP contribution in [0.25, 0.3) is 0 Å². The second kappa shape index (κ2) is 9.51. The smallest absolute Gasteiger partial charge is 0.329 e. The van der Waals surface area contributed by atoms with Crippen molar-refractivity contribution in [2.45, 2.75) is 18.4 Å². The zero-order chi connectivity index (χ0) is 19.8. The van der Waals surface area contributed by atoms with Crippen molar-refractivity contribution in [3.8, 4) is 0 Å².